The van der Waals surface area contributed by atoms with Gasteiger partial charge in [0, 0.05) is 13.1 Å². The maximum absolute atomic E-state index is 5.83. The van der Waals surface area contributed by atoms with Crippen LogP contribution in [0.15, 0.2) is 78.9 Å². The summed E-state index contributed by atoms with van der Waals surface area (Å²) >= 11 is 0. The molecular weight excluding hydrogens is 342 g/mol. The fourth-order valence-corrected chi connectivity index (χ4v) is 4.19. The second-order valence-corrected chi connectivity index (χ2v) is 7.87. The van der Waals surface area contributed by atoms with Crippen molar-refractivity contribution >= 4 is 0 Å². The number of benzene rings is 3. The third kappa shape index (κ3) is 4.04. The zero-order chi connectivity index (χ0) is 19.3. The molecule has 0 aromatic heterocycles. The molecule has 1 aliphatic rings. The van der Waals surface area contributed by atoms with Gasteiger partial charge in [-0.1, -0.05) is 92.7 Å². The second-order valence-electron chi connectivity index (χ2n) is 7.87. The zero-order valence-corrected chi connectivity index (χ0v) is 16.8. The molecule has 0 radical (unpaired) electrons. The van der Waals surface area contributed by atoms with Crippen LogP contribution in [0.2, 0.25) is 0 Å². The third-order valence-corrected chi connectivity index (χ3v) is 5.69. The average Bonchev–Trinajstić information content (AvgIpc) is 2.75. The highest BCUT2D eigenvalue weighted by Gasteiger charge is 2.25. The molecule has 0 amide bonds. The normalized spacial score (nSPS) is 17.8. The standard InChI is InChI=1S/C26H29NO/c1-20(2)23-13-8-9-15-25(23)24-14-7-6-12-22(24)18-27-16-17-28-19-26(27)21-10-4-3-5-11-21/h3-15,20,26H,16-19H2,1-2H3/t26-/m0/s1. The maximum Gasteiger partial charge on any atom is 0.0664 e. The lowest BCUT2D eigenvalue weighted by atomic mass is 9.90. The Labute approximate surface area is 168 Å². The predicted molar refractivity (Wildman–Crippen MR) is 116 cm³/mol. The fraction of sp³-hybridized carbons (Fsp3) is 0.308. The Kier molecular flexibility index (Phi) is 5.90. The van der Waals surface area contributed by atoms with E-state index in [1.807, 2.05) is 0 Å². The van der Waals surface area contributed by atoms with Gasteiger partial charge in [0.25, 0.3) is 0 Å². The van der Waals surface area contributed by atoms with Crippen molar-refractivity contribution in [2.45, 2.75) is 32.4 Å². The summed E-state index contributed by atoms with van der Waals surface area (Å²) in [7, 11) is 0. The van der Waals surface area contributed by atoms with Gasteiger partial charge >= 0.3 is 0 Å². The van der Waals surface area contributed by atoms with Crippen molar-refractivity contribution in [3.05, 3.63) is 95.6 Å². The quantitative estimate of drug-likeness (QED) is 0.541. The van der Waals surface area contributed by atoms with E-state index >= 15 is 0 Å². The Hall–Kier alpha value is -2.42. The van der Waals surface area contributed by atoms with Crippen molar-refractivity contribution in [1.82, 2.24) is 4.90 Å². The molecule has 1 saturated heterocycles. The summed E-state index contributed by atoms with van der Waals surface area (Å²) in [6.07, 6.45) is 0. The van der Waals surface area contributed by atoms with Gasteiger partial charge in [-0.05, 0) is 33.7 Å². The minimum Gasteiger partial charge on any atom is -0.378 e. The molecule has 0 saturated carbocycles. The SMILES string of the molecule is CC(C)c1ccccc1-c1ccccc1CN1CCOC[C@H]1c1ccccc1. The van der Waals surface area contributed by atoms with Gasteiger partial charge in [-0.15, -0.1) is 0 Å². The first-order chi connectivity index (χ1) is 13.7. The van der Waals surface area contributed by atoms with Crippen LogP contribution in [0.25, 0.3) is 11.1 Å². The molecule has 0 aliphatic carbocycles. The molecule has 2 heteroatoms. The van der Waals surface area contributed by atoms with Crippen molar-refractivity contribution in [1.29, 1.82) is 0 Å². The molecule has 1 atom stereocenters. The van der Waals surface area contributed by atoms with E-state index < -0.39 is 0 Å². The topological polar surface area (TPSA) is 12.5 Å². The summed E-state index contributed by atoms with van der Waals surface area (Å²) in [5.74, 6) is 0.504. The lowest BCUT2D eigenvalue weighted by Gasteiger charge is -2.36. The Balaban J connectivity index is 1.67. The predicted octanol–water partition coefficient (Wildman–Crippen LogP) is 6.05. The average molecular weight is 372 g/mol. The number of hydrogen-bond acceptors (Lipinski definition) is 2. The van der Waals surface area contributed by atoms with E-state index in [1.165, 1.54) is 27.8 Å². The highest BCUT2D eigenvalue weighted by molar-refractivity contribution is 5.71. The van der Waals surface area contributed by atoms with Crippen molar-refractivity contribution in [3.63, 3.8) is 0 Å². The molecule has 0 N–H and O–H groups in total. The molecule has 0 spiro atoms. The van der Waals surface area contributed by atoms with E-state index in [9.17, 15) is 0 Å². The van der Waals surface area contributed by atoms with Crippen molar-refractivity contribution < 1.29 is 4.74 Å². The molecule has 28 heavy (non-hydrogen) atoms. The largest absolute Gasteiger partial charge is 0.378 e. The van der Waals surface area contributed by atoms with E-state index in [0.717, 1.165) is 26.3 Å². The number of hydrogen-bond donors (Lipinski definition) is 0. The molecule has 1 aliphatic heterocycles. The van der Waals surface area contributed by atoms with Crippen molar-refractivity contribution in [3.8, 4) is 11.1 Å². The van der Waals surface area contributed by atoms with Crippen molar-refractivity contribution in [2.24, 2.45) is 0 Å². The summed E-state index contributed by atoms with van der Waals surface area (Å²) in [5.41, 5.74) is 6.85. The first-order valence-electron chi connectivity index (χ1n) is 10.3. The smallest absolute Gasteiger partial charge is 0.0664 e. The Morgan fingerprint density at radius 1 is 0.857 bits per heavy atom. The number of ether oxygens (including phenoxy) is 1. The van der Waals surface area contributed by atoms with Gasteiger partial charge in [0.2, 0.25) is 0 Å². The first kappa shape index (κ1) is 18.9. The Morgan fingerprint density at radius 3 is 2.32 bits per heavy atom. The lowest BCUT2D eigenvalue weighted by molar-refractivity contribution is -0.0126. The van der Waals surface area contributed by atoms with E-state index in [1.54, 1.807) is 0 Å². The Morgan fingerprint density at radius 2 is 1.54 bits per heavy atom. The molecular formula is C26H29NO. The van der Waals surface area contributed by atoms with Crippen LogP contribution in [0, 0.1) is 0 Å². The maximum atomic E-state index is 5.83. The van der Waals surface area contributed by atoms with Gasteiger partial charge in [-0.2, -0.15) is 0 Å². The molecule has 3 aromatic rings. The van der Waals surface area contributed by atoms with E-state index in [-0.39, 0.29) is 0 Å². The van der Waals surface area contributed by atoms with E-state index in [4.69, 9.17) is 4.74 Å². The third-order valence-electron chi connectivity index (χ3n) is 5.69. The van der Waals surface area contributed by atoms with Gasteiger partial charge in [-0.3, -0.25) is 4.90 Å². The van der Waals surface area contributed by atoms with Crippen LogP contribution in [0.4, 0.5) is 0 Å². The zero-order valence-electron chi connectivity index (χ0n) is 16.8. The van der Waals surface area contributed by atoms with Crippen LogP contribution in [0.3, 0.4) is 0 Å². The van der Waals surface area contributed by atoms with Gasteiger partial charge in [0.1, 0.15) is 0 Å². The molecule has 0 bridgehead atoms. The summed E-state index contributed by atoms with van der Waals surface area (Å²) < 4.78 is 5.83. The van der Waals surface area contributed by atoms with Crippen LogP contribution in [-0.2, 0) is 11.3 Å². The van der Waals surface area contributed by atoms with Gasteiger partial charge < -0.3 is 4.74 Å². The van der Waals surface area contributed by atoms with Crippen LogP contribution in [0.5, 0.6) is 0 Å². The monoisotopic (exact) mass is 371 g/mol. The van der Waals surface area contributed by atoms with Crippen LogP contribution < -0.4 is 0 Å². The van der Waals surface area contributed by atoms with Gasteiger partial charge in [-0.25, -0.2) is 0 Å². The number of morpholine rings is 1. The summed E-state index contributed by atoms with van der Waals surface area (Å²) in [6, 6.07) is 28.8. The summed E-state index contributed by atoms with van der Waals surface area (Å²) in [5, 5.41) is 0. The number of nitrogens with zero attached hydrogens (tertiary/aromatic N) is 1. The molecule has 1 fully saturated rings. The lowest BCUT2D eigenvalue weighted by Crippen LogP contribution is -2.39. The minimum absolute atomic E-state index is 0.309. The highest BCUT2D eigenvalue weighted by Crippen LogP contribution is 2.33. The van der Waals surface area contributed by atoms with E-state index in [2.05, 4.69) is 97.6 Å². The fourth-order valence-electron chi connectivity index (χ4n) is 4.19. The molecule has 4 rings (SSSR count). The molecule has 3 aromatic carbocycles. The molecule has 0 unspecified atom stereocenters. The molecule has 1 heterocycles. The summed E-state index contributed by atoms with van der Waals surface area (Å²) in [4.78, 5) is 2.57. The van der Waals surface area contributed by atoms with Crippen molar-refractivity contribution in [2.75, 3.05) is 19.8 Å². The Bertz CT molecular complexity index is 903. The summed E-state index contributed by atoms with van der Waals surface area (Å²) in [6.45, 7) is 8.00. The number of rotatable bonds is 5. The van der Waals surface area contributed by atoms with E-state index in [0.29, 0.717) is 12.0 Å². The van der Waals surface area contributed by atoms with Crippen LogP contribution in [0.1, 0.15) is 42.5 Å². The second kappa shape index (κ2) is 8.72. The molecule has 144 valence electrons. The molecule has 2 nitrogen and oxygen atoms in total. The highest BCUT2D eigenvalue weighted by atomic mass is 16.5. The van der Waals surface area contributed by atoms with Gasteiger partial charge in [0.05, 0.1) is 19.3 Å². The van der Waals surface area contributed by atoms with Gasteiger partial charge in [0.15, 0.2) is 0 Å². The van der Waals surface area contributed by atoms with Crippen LogP contribution in [-0.4, -0.2) is 24.7 Å². The van der Waals surface area contributed by atoms with Crippen LogP contribution >= 0.6 is 0 Å². The minimum atomic E-state index is 0.309. The first-order valence-corrected chi connectivity index (χ1v) is 10.3.